The molecule has 0 aromatic heterocycles. The van der Waals surface area contributed by atoms with E-state index in [1.54, 1.807) is 6.92 Å². The minimum absolute atomic E-state index is 0.00517. The molecule has 1 N–H and O–H groups in total. The summed E-state index contributed by atoms with van der Waals surface area (Å²) < 4.78 is 23.8. The van der Waals surface area contributed by atoms with E-state index in [4.69, 9.17) is 9.47 Å². The molecule has 0 aliphatic rings. The van der Waals surface area contributed by atoms with Crippen molar-refractivity contribution in [3.8, 4) is 11.5 Å². The number of nitro groups is 1. The molecule has 178 valence electrons. The molecule has 2 amide bonds. The molecule has 10 heteroatoms. The van der Waals surface area contributed by atoms with Crippen LogP contribution in [0.1, 0.15) is 32.8 Å². The van der Waals surface area contributed by atoms with Gasteiger partial charge in [0.05, 0.1) is 12.0 Å². The van der Waals surface area contributed by atoms with E-state index in [-0.39, 0.29) is 35.7 Å². The lowest BCUT2D eigenvalue weighted by Crippen LogP contribution is -2.50. The van der Waals surface area contributed by atoms with E-state index in [0.29, 0.717) is 5.56 Å². The first-order chi connectivity index (χ1) is 15.7. The predicted molar refractivity (Wildman–Crippen MR) is 119 cm³/mol. The van der Waals surface area contributed by atoms with Crippen LogP contribution in [0, 0.1) is 15.9 Å². The lowest BCUT2D eigenvalue weighted by Gasteiger charge is -2.29. The van der Waals surface area contributed by atoms with Crippen molar-refractivity contribution in [2.45, 2.75) is 45.8 Å². The average Bonchev–Trinajstić information content (AvgIpc) is 2.81. The Bertz CT molecular complexity index is 983. The van der Waals surface area contributed by atoms with Crippen molar-refractivity contribution in [2.24, 2.45) is 0 Å². The molecule has 0 unspecified atom stereocenters. The van der Waals surface area contributed by atoms with Gasteiger partial charge in [-0.25, -0.2) is 4.39 Å². The summed E-state index contributed by atoms with van der Waals surface area (Å²) in [5, 5.41) is 13.9. The molecule has 0 spiro atoms. The molecular weight excluding hydrogens is 433 g/mol. The van der Waals surface area contributed by atoms with Crippen LogP contribution in [0.3, 0.4) is 0 Å². The largest absolute Gasteiger partial charge is 0.490 e. The molecule has 2 aromatic rings. The number of rotatable bonds is 11. The maximum absolute atomic E-state index is 13.3. The molecule has 0 radical (unpaired) electrons. The highest BCUT2D eigenvalue weighted by Gasteiger charge is 2.27. The number of hydrogen-bond acceptors (Lipinski definition) is 6. The van der Waals surface area contributed by atoms with Crippen molar-refractivity contribution in [3.05, 3.63) is 64.0 Å². The normalized spacial score (nSPS) is 12.4. The zero-order valence-electron chi connectivity index (χ0n) is 19.0. The number of benzene rings is 2. The Morgan fingerprint density at radius 3 is 2.42 bits per heavy atom. The topological polar surface area (TPSA) is 111 Å². The van der Waals surface area contributed by atoms with Crippen molar-refractivity contribution in [3.63, 3.8) is 0 Å². The van der Waals surface area contributed by atoms with Gasteiger partial charge in [0.2, 0.25) is 11.7 Å². The summed E-state index contributed by atoms with van der Waals surface area (Å²) in [5.74, 6) is -1.02. The molecule has 0 aliphatic heterocycles. The number of ether oxygens (including phenoxy) is 2. The molecule has 0 aliphatic carbocycles. The van der Waals surface area contributed by atoms with Gasteiger partial charge in [0.15, 0.2) is 6.61 Å². The lowest BCUT2D eigenvalue weighted by molar-refractivity contribution is -0.385. The number of methoxy groups -OCH3 is 1. The molecule has 0 saturated heterocycles. The molecule has 0 bridgehead atoms. The molecular formula is C23H28FN3O6. The Labute approximate surface area is 191 Å². The Kier molecular flexibility index (Phi) is 9.14. The van der Waals surface area contributed by atoms with Crippen molar-refractivity contribution >= 4 is 17.5 Å². The molecule has 9 nitrogen and oxygen atoms in total. The highest BCUT2D eigenvalue weighted by molar-refractivity contribution is 5.88. The number of carbonyl (C=O) groups is 2. The standard InChI is InChI=1S/C23H28FN3O6/c1-5-15(2)25-23(29)16(3)26(13-17-6-8-18(24)9-7-17)22(28)14-33-19-10-11-20(27(30)31)21(12-19)32-4/h6-12,15-16H,5,13-14H2,1-4H3,(H,25,29)/t15-,16+/m0/s1. The van der Waals surface area contributed by atoms with Crippen LogP contribution in [0.4, 0.5) is 10.1 Å². The number of nitro benzene ring substituents is 1. The highest BCUT2D eigenvalue weighted by atomic mass is 19.1. The average molecular weight is 461 g/mol. The fraction of sp³-hybridized carbons (Fsp3) is 0.391. The predicted octanol–water partition coefficient (Wildman–Crippen LogP) is 3.45. The highest BCUT2D eigenvalue weighted by Crippen LogP contribution is 2.30. The van der Waals surface area contributed by atoms with Crippen molar-refractivity contribution in [1.82, 2.24) is 10.2 Å². The van der Waals surface area contributed by atoms with Crippen LogP contribution in [0.25, 0.3) is 0 Å². The molecule has 2 atom stereocenters. The fourth-order valence-corrected chi connectivity index (χ4v) is 2.96. The summed E-state index contributed by atoms with van der Waals surface area (Å²) in [7, 11) is 1.29. The van der Waals surface area contributed by atoms with Gasteiger partial charge in [-0.2, -0.15) is 0 Å². The summed E-state index contributed by atoms with van der Waals surface area (Å²) in [4.78, 5) is 37.5. The molecule has 0 fully saturated rings. The van der Waals surface area contributed by atoms with E-state index in [0.717, 1.165) is 6.42 Å². The second kappa shape index (κ2) is 11.8. The third-order valence-electron chi connectivity index (χ3n) is 5.14. The third kappa shape index (κ3) is 7.16. The van der Waals surface area contributed by atoms with Gasteiger partial charge in [-0.15, -0.1) is 0 Å². The van der Waals surface area contributed by atoms with Crippen molar-refractivity contribution < 1.29 is 28.4 Å². The number of nitrogens with zero attached hydrogens (tertiary/aromatic N) is 2. The van der Waals surface area contributed by atoms with E-state index >= 15 is 0 Å². The Morgan fingerprint density at radius 1 is 1.18 bits per heavy atom. The third-order valence-corrected chi connectivity index (χ3v) is 5.14. The zero-order valence-corrected chi connectivity index (χ0v) is 19.0. The first-order valence-corrected chi connectivity index (χ1v) is 10.5. The Hall–Kier alpha value is -3.69. The smallest absolute Gasteiger partial charge is 0.311 e. The molecule has 0 heterocycles. The maximum atomic E-state index is 13.3. The van der Waals surface area contributed by atoms with Gasteiger partial charge in [-0.3, -0.25) is 19.7 Å². The van der Waals surface area contributed by atoms with E-state index in [9.17, 15) is 24.1 Å². The van der Waals surface area contributed by atoms with E-state index < -0.39 is 29.3 Å². The van der Waals surface area contributed by atoms with Crippen LogP contribution in [0.5, 0.6) is 11.5 Å². The molecule has 0 saturated carbocycles. The summed E-state index contributed by atoms with van der Waals surface area (Å²) in [6.45, 7) is 5.06. The van der Waals surface area contributed by atoms with E-state index in [1.165, 1.54) is 54.5 Å². The van der Waals surface area contributed by atoms with Gasteiger partial charge in [0.1, 0.15) is 17.6 Å². The quantitative estimate of drug-likeness (QED) is 0.405. The lowest BCUT2D eigenvalue weighted by atomic mass is 10.1. The monoisotopic (exact) mass is 461 g/mol. The van der Waals surface area contributed by atoms with E-state index in [1.807, 2.05) is 13.8 Å². The van der Waals surface area contributed by atoms with E-state index in [2.05, 4.69) is 5.32 Å². The summed E-state index contributed by atoms with van der Waals surface area (Å²) in [5.41, 5.74) is 0.411. The van der Waals surface area contributed by atoms with Gasteiger partial charge in [-0.05, 0) is 44.0 Å². The van der Waals surface area contributed by atoms with Crippen LogP contribution in [0.2, 0.25) is 0 Å². The van der Waals surface area contributed by atoms with Crippen LogP contribution in [0.15, 0.2) is 42.5 Å². The number of nitrogens with one attached hydrogen (secondary N) is 1. The van der Waals surface area contributed by atoms with Crippen LogP contribution < -0.4 is 14.8 Å². The van der Waals surface area contributed by atoms with Crippen LogP contribution in [-0.2, 0) is 16.1 Å². The first-order valence-electron chi connectivity index (χ1n) is 10.5. The first kappa shape index (κ1) is 25.6. The Morgan fingerprint density at radius 2 is 1.85 bits per heavy atom. The summed E-state index contributed by atoms with van der Waals surface area (Å²) in [6.07, 6.45) is 0.732. The molecule has 2 aromatic carbocycles. The minimum Gasteiger partial charge on any atom is -0.490 e. The van der Waals surface area contributed by atoms with Gasteiger partial charge >= 0.3 is 5.69 Å². The van der Waals surface area contributed by atoms with Gasteiger partial charge in [0, 0.05) is 24.7 Å². The SMILES string of the molecule is CC[C@H](C)NC(=O)[C@@H](C)N(Cc1ccc(F)cc1)C(=O)COc1ccc([N+](=O)[O-])c(OC)c1. The summed E-state index contributed by atoms with van der Waals surface area (Å²) in [6, 6.07) is 8.65. The van der Waals surface area contributed by atoms with Crippen molar-refractivity contribution in [1.29, 1.82) is 0 Å². The van der Waals surface area contributed by atoms with Gasteiger partial charge in [0.25, 0.3) is 5.91 Å². The number of amides is 2. The molecule has 33 heavy (non-hydrogen) atoms. The number of hydrogen-bond donors (Lipinski definition) is 1. The number of halogens is 1. The second-order valence-electron chi connectivity index (χ2n) is 7.52. The Balaban J connectivity index is 2.19. The summed E-state index contributed by atoms with van der Waals surface area (Å²) >= 11 is 0. The minimum atomic E-state index is -0.813. The maximum Gasteiger partial charge on any atom is 0.311 e. The fourth-order valence-electron chi connectivity index (χ4n) is 2.96. The number of carbonyl (C=O) groups excluding carboxylic acids is 2. The second-order valence-corrected chi connectivity index (χ2v) is 7.52. The van der Waals surface area contributed by atoms with Crippen LogP contribution >= 0.6 is 0 Å². The van der Waals surface area contributed by atoms with Crippen molar-refractivity contribution in [2.75, 3.05) is 13.7 Å². The van der Waals surface area contributed by atoms with Gasteiger partial charge < -0.3 is 19.7 Å². The zero-order chi connectivity index (χ0) is 24.5. The molecule has 2 rings (SSSR count). The van der Waals surface area contributed by atoms with Crippen LogP contribution in [-0.4, -0.2) is 47.4 Å². The van der Waals surface area contributed by atoms with Gasteiger partial charge in [-0.1, -0.05) is 19.1 Å².